The molecule has 2 atom stereocenters. The lowest BCUT2D eigenvalue weighted by molar-refractivity contribution is 0.0702. The molecule has 5 nitrogen and oxygen atoms in total. The standard InChI is InChI=1S/C14H20FNO4S/c1-9(2)16-6-10-4-3-5-11(15)14(10)20-13-8-21(18,19)7-12(13)17/h3-5,9,12-13,16-17H,6-8H2,1-2H3. The van der Waals surface area contributed by atoms with Crippen molar-refractivity contribution in [3.63, 3.8) is 0 Å². The van der Waals surface area contributed by atoms with Gasteiger partial charge in [0.15, 0.2) is 21.4 Å². The zero-order valence-corrected chi connectivity index (χ0v) is 12.9. The third-order valence-corrected chi connectivity index (χ3v) is 4.98. The number of aliphatic hydroxyl groups is 1. The second kappa shape index (κ2) is 6.29. The van der Waals surface area contributed by atoms with Crippen molar-refractivity contribution < 1.29 is 22.7 Å². The predicted octanol–water partition coefficient (Wildman–Crippen LogP) is 0.860. The molecular formula is C14H20FNO4S. The van der Waals surface area contributed by atoms with Crippen LogP contribution in [0.1, 0.15) is 19.4 Å². The van der Waals surface area contributed by atoms with E-state index in [1.165, 1.54) is 6.07 Å². The zero-order chi connectivity index (χ0) is 15.6. The van der Waals surface area contributed by atoms with E-state index in [0.717, 1.165) is 0 Å². The average molecular weight is 317 g/mol. The summed E-state index contributed by atoms with van der Waals surface area (Å²) < 4.78 is 42.4. The van der Waals surface area contributed by atoms with Gasteiger partial charge in [0, 0.05) is 18.2 Å². The van der Waals surface area contributed by atoms with E-state index in [2.05, 4.69) is 5.32 Å². The molecule has 2 rings (SSSR count). The van der Waals surface area contributed by atoms with Gasteiger partial charge in [0.1, 0.15) is 12.2 Å². The van der Waals surface area contributed by atoms with E-state index in [-0.39, 0.29) is 23.3 Å². The predicted molar refractivity (Wildman–Crippen MR) is 77.5 cm³/mol. The number of rotatable bonds is 5. The number of nitrogens with one attached hydrogen (secondary N) is 1. The molecule has 0 aromatic heterocycles. The number of hydrogen-bond donors (Lipinski definition) is 2. The Balaban J connectivity index is 2.19. The lowest BCUT2D eigenvalue weighted by atomic mass is 10.1. The smallest absolute Gasteiger partial charge is 0.165 e. The Morgan fingerprint density at radius 2 is 2.14 bits per heavy atom. The van der Waals surface area contributed by atoms with E-state index >= 15 is 0 Å². The van der Waals surface area contributed by atoms with E-state index in [9.17, 15) is 17.9 Å². The molecule has 0 bridgehead atoms. The topological polar surface area (TPSA) is 75.6 Å². The van der Waals surface area contributed by atoms with Gasteiger partial charge in [-0.25, -0.2) is 12.8 Å². The highest BCUT2D eigenvalue weighted by atomic mass is 32.2. The molecule has 1 aliphatic rings. The maximum Gasteiger partial charge on any atom is 0.165 e. The summed E-state index contributed by atoms with van der Waals surface area (Å²) >= 11 is 0. The highest BCUT2D eigenvalue weighted by Gasteiger charge is 2.38. The van der Waals surface area contributed by atoms with Crippen LogP contribution in [0.15, 0.2) is 18.2 Å². The van der Waals surface area contributed by atoms with Gasteiger partial charge in [0.2, 0.25) is 0 Å². The Morgan fingerprint density at radius 1 is 1.43 bits per heavy atom. The fraction of sp³-hybridized carbons (Fsp3) is 0.571. The van der Waals surface area contributed by atoms with Crippen molar-refractivity contribution in [1.82, 2.24) is 5.32 Å². The molecule has 0 amide bonds. The van der Waals surface area contributed by atoms with Gasteiger partial charge in [-0.15, -0.1) is 0 Å². The molecule has 0 spiro atoms. The van der Waals surface area contributed by atoms with Crippen molar-refractivity contribution in [2.75, 3.05) is 11.5 Å². The number of para-hydroxylation sites is 1. The second-order valence-electron chi connectivity index (χ2n) is 5.56. The van der Waals surface area contributed by atoms with E-state index < -0.39 is 27.9 Å². The van der Waals surface area contributed by atoms with Crippen molar-refractivity contribution in [1.29, 1.82) is 0 Å². The molecule has 1 saturated heterocycles. The summed E-state index contributed by atoms with van der Waals surface area (Å²) in [6, 6.07) is 4.76. The van der Waals surface area contributed by atoms with Crippen LogP contribution in [0.2, 0.25) is 0 Å². The summed E-state index contributed by atoms with van der Waals surface area (Å²) in [5, 5.41) is 12.9. The summed E-state index contributed by atoms with van der Waals surface area (Å²) in [5.41, 5.74) is 0.597. The number of hydrogen-bond acceptors (Lipinski definition) is 5. The molecule has 2 N–H and O–H groups in total. The summed E-state index contributed by atoms with van der Waals surface area (Å²) in [7, 11) is -3.33. The van der Waals surface area contributed by atoms with Gasteiger partial charge in [-0.3, -0.25) is 0 Å². The van der Waals surface area contributed by atoms with E-state index in [1.54, 1.807) is 12.1 Å². The highest BCUT2D eigenvalue weighted by molar-refractivity contribution is 7.91. The largest absolute Gasteiger partial charge is 0.483 e. The Morgan fingerprint density at radius 3 is 2.71 bits per heavy atom. The summed E-state index contributed by atoms with van der Waals surface area (Å²) in [4.78, 5) is 0. The van der Waals surface area contributed by atoms with Crippen LogP contribution in [0, 0.1) is 5.82 Å². The van der Waals surface area contributed by atoms with Crippen molar-refractivity contribution in [3.8, 4) is 5.75 Å². The lowest BCUT2D eigenvalue weighted by Crippen LogP contribution is -2.31. The SMILES string of the molecule is CC(C)NCc1cccc(F)c1OC1CS(=O)(=O)CC1O. The summed E-state index contributed by atoms with van der Waals surface area (Å²) in [6.45, 7) is 4.33. The Kier molecular flexibility index (Phi) is 4.85. The van der Waals surface area contributed by atoms with E-state index in [1.807, 2.05) is 13.8 Å². The van der Waals surface area contributed by atoms with E-state index in [4.69, 9.17) is 4.74 Å². The van der Waals surface area contributed by atoms with Crippen LogP contribution in [0.3, 0.4) is 0 Å². The molecule has 1 fully saturated rings. The van der Waals surface area contributed by atoms with Gasteiger partial charge in [-0.1, -0.05) is 26.0 Å². The third-order valence-electron chi connectivity index (χ3n) is 3.29. The number of ether oxygens (including phenoxy) is 1. The molecule has 1 aromatic carbocycles. The summed E-state index contributed by atoms with van der Waals surface area (Å²) in [6.07, 6.45) is -2.05. The third kappa shape index (κ3) is 4.15. The maximum atomic E-state index is 14.0. The van der Waals surface area contributed by atoms with Crippen molar-refractivity contribution in [2.45, 2.75) is 38.6 Å². The average Bonchev–Trinajstić information content (AvgIpc) is 2.63. The first-order valence-corrected chi connectivity index (χ1v) is 8.66. The zero-order valence-electron chi connectivity index (χ0n) is 12.0. The van der Waals surface area contributed by atoms with Crippen LogP contribution < -0.4 is 10.1 Å². The monoisotopic (exact) mass is 317 g/mol. The minimum absolute atomic E-state index is 0.00630. The molecule has 1 aromatic rings. The van der Waals surface area contributed by atoms with Crippen LogP contribution in [-0.2, 0) is 16.4 Å². The first-order chi connectivity index (χ1) is 9.78. The van der Waals surface area contributed by atoms with E-state index in [0.29, 0.717) is 12.1 Å². The van der Waals surface area contributed by atoms with Crippen molar-refractivity contribution in [2.24, 2.45) is 0 Å². The Labute approximate surface area is 124 Å². The van der Waals surface area contributed by atoms with Crippen molar-refractivity contribution in [3.05, 3.63) is 29.6 Å². The number of aliphatic hydroxyl groups excluding tert-OH is 1. The lowest BCUT2D eigenvalue weighted by Gasteiger charge is -2.19. The van der Waals surface area contributed by atoms with Gasteiger partial charge in [-0.05, 0) is 6.07 Å². The van der Waals surface area contributed by atoms with Crippen LogP contribution in [0.5, 0.6) is 5.75 Å². The van der Waals surface area contributed by atoms with Gasteiger partial charge in [-0.2, -0.15) is 0 Å². The highest BCUT2D eigenvalue weighted by Crippen LogP contribution is 2.27. The molecule has 0 saturated carbocycles. The number of halogens is 1. The number of benzene rings is 1. The molecule has 0 radical (unpaired) electrons. The minimum atomic E-state index is -3.33. The summed E-state index contributed by atoms with van der Waals surface area (Å²) in [5.74, 6) is -1.19. The first-order valence-electron chi connectivity index (χ1n) is 6.84. The van der Waals surface area contributed by atoms with Gasteiger partial charge in [0.05, 0.1) is 11.5 Å². The molecule has 2 unspecified atom stereocenters. The van der Waals surface area contributed by atoms with Crippen LogP contribution >= 0.6 is 0 Å². The first kappa shape index (κ1) is 16.2. The quantitative estimate of drug-likeness (QED) is 0.842. The fourth-order valence-electron chi connectivity index (χ4n) is 2.20. The second-order valence-corrected chi connectivity index (χ2v) is 7.72. The fourth-order valence-corrected chi connectivity index (χ4v) is 3.86. The van der Waals surface area contributed by atoms with Gasteiger partial charge in [0.25, 0.3) is 0 Å². The Bertz CT molecular complexity index is 603. The molecule has 21 heavy (non-hydrogen) atoms. The van der Waals surface area contributed by atoms with Gasteiger partial charge < -0.3 is 15.2 Å². The van der Waals surface area contributed by atoms with Crippen LogP contribution in [0.25, 0.3) is 0 Å². The van der Waals surface area contributed by atoms with Crippen LogP contribution in [-0.4, -0.2) is 43.3 Å². The van der Waals surface area contributed by atoms with Gasteiger partial charge >= 0.3 is 0 Å². The normalized spacial score (nSPS) is 24.4. The molecule has 1 aliphatic heterocycles. The molecule has 1 heterocycles. The molecule has 7 heteroatoms. The van der Waals surface area contributed by atoms with Crippen molar-refractivity contribution >= 4 is 9.84 Å². The molecule has 118 valence electrons. The minimum Gasteiger partial charge on any atom is -0.483 e. The molecular weight excluding hydrogens is 297 g/mol. The Hall–Kier alpha value is -1.18. The maximum absolute atomic E-state index is 14.0. The van der Waals surface area contributed by atoms with Crippen LogP contribution in [0.4, 0.5) is 4.39 Å². The molecule has 0 aliphatic carbocycles. The number of sulfone groups is 1.